The molecule has 2 aromatic rings. The molecular weight excluding hydrogens is 428 g/mol. The number of alkyl halides is 1. The molecule has 0 aromatic carbocycles. The highest BCUT2D eigenvalue weighted by Crippen LogP contribution is 2.36. The van der Waals surface area contributed by atoms with Gasteiger partial charge in [0, 0.05) is 55.9 Å². The summed E-state index contributed by atoms with van der Waals surface area (Å²) in [6.45, 7) is 4.18. The van der Waals surface area contributed by atoms with Crippen molar-refractivity contribution in [2.24, 2.45) is 0 Å². The lowest BCUT2D eigenvalue weighted by atomic mass is 10.0. The molecule has 1 aliphatic carbocycles. The van der Waals surface area contributed by atoms with Gasteiger partial charge in [0.25, 0.3) is 11.5 Å². The molecule has 1 saturated carbocycles. The Morgan fingerprint density at radius 2 is 1.97 bits per heavy atom. The summed E-state index contributed by atoms with van der Waals surface area (Å²) in [6, 6.07) is 7.51. The van der Waals surface area contributed by atoms with E-state index in [1.165, 1.54) is 6.07 Å². The van der Waals surface area contributed by atoms with Crippen LogP contribution in [0.2, 0.25) is 0 Å². The Kier molecular flexibility index (Phi) is 7.37. The first kappa shape index (κ1) is 23.4. The summed E-state index contributed by atoms with van der Waals surface area (Å²) in [5.41, 5.74) is 2.20. The van der Waals surface area contributed by atoms with Crippen molar-refractivity contribution in [2.45, 2.75) is 44.6 Å². The molecule has 9 heteroatoms. The molecule has 2 aromatic heterocycles. The largest absolute Gasteiger partial charge is 0.365 e. The smallest absolute Gasteiger partial charge is 0.270 e. The lowest BCUT2D eigenvalue weighted by Gasteiger charge is -2.39. The third-order valence-electron chi connectivity index (χ3n) is 6.85. The molecule has 2 aliphatic rings. The maximum atomic E-state index is 14.6. The molecule has 2 unspecified atom stereocenters. The van der Waals surface area contributed by atoms with Crippen LogP contribution in [0.25, 0.3) is 0 Å². The number of halogens is 2. The number of nitrogens with zero attached hydrogens (tertiary/aromatic N) is 3. The highest BCUT2D eigenvalue weighted by Gasteiger charge is 2.33. The van der Waals surface area contributed by atoms with Gasteiger partial charge < -0.3 is 15.2 Å². The van der Waals surface area contributed by atoms with Gasteiger partial charge in [0.1, 0.15) is 12.4 Å². The van der Waals surface area contributed by atoms with E-state index in [1.807, 2.05) is 17.9 Å². The van der Waals surface area contributed by atoms with Crippen molar-refractivity contribution in [3.05, 3.63) is 57.5 Å². The predicted octanol–water partition coefficient (Wildman–Crippen LogP) is 2.63. The zero-order valence-electron chi connectivity index (χ0n) is 18.9. The van der Waals surface area contributed by atoms with Crippen molar-refractivity contribution in [1.82, 2.24) is 20.2 Å². The number of pyridine rings is 2. The number of carbonyl (C=O) groups excluding carboxylic acids is 1. The van der Waals surface area contributed by atoms with E-state index in [0.717, 1.165) is 50.0 Å². The Morgan fingerprint density at radius 3 is 2.64 bits per heavy atom. The zero-order chi connectivity index (χ0) is 23.4. The summed E-state index contributed by atoms with van der Waals surface area (Å²) in [5.74, 6) is -0.898. The van der Waals surface area contributed by atoms with E-state index in [4.69, 9.17) is 0 Å². The van der Waals surface area contributed by atoms with Crippen LogP contribution in [0.5, 0.6) is 0 Å². The van der Waals surface area contributed by atoms with Crippen LogP contribution in [0.4, 0.5) is 14.5 Å². The molecule has 1 amide bonds. The second-order valence-electron chi connectivity index (χ2n) is 8.76. The van der Waals surface area contributed by atoms with E-state index in [9.17, 15) is 18.4 Å². The van der Waals surface area contributed by atoms with Gasteiger partial charge in [0.15, 0.2) is 0 Å². The van der Waals surface area contributed by atoms with Gasteiger partial charge in [-0.15, -0.1) is 0 Å². The summed E-state index contributed by atoms with van der Waals surface area (Å²) in [6.07, 6.45) is 3.88. The topological polar surface area (TPSA) is 81.3 Å². The molecule has 0 spiro atoms. The molecule has 33 heavy (non-hydrogen) atoms. The van der Waals surface area contributed by atoms with Gasteiger partial charge in [-0.2, -0.15) is 4.39 Å². The highest BCUT2D eigenvalue weighted by molar-refractivity contribution is 5.92. The molecule has 0 bridgehead atoms. The first-order chi connectivity index (χ1) is 16.0. The number of aromatic amines is 1. The van der Waals surface area contributed by atoms with Crippen molar-refractivity contribution < 1.29 is 13.6 Å². The molecule has 1 saturated heterocycles. The molecule has 4 rings (SSSR count). The fourth-order valence-corrected chi connectivity index (χ4v) is 4.98. The molecule has 0 radical (unpaired) electrons. The average molecular weight is 460 g/mol. The fraction of sp³-hybridized carbons (Fsp3) is 0.542. The summed E-state index contributed by atoms with van der Waals surface area (Å²) >= 11 is 0. The predicted molar refractivity (Wildman–Crippen MR) is 123 cm³/mol. The van der Waals surface area contributed by atoms with Gasteiger partial charge in [-0.05, 0) is 43.9 Å². The second kappa shape index (κ2) is 10.4. The first-order valence-corrected chi connectivity index (χ1v) is 11.7. The van der Waals surface area contributed by atoms with Gasteiger partial charge in [-0.25, -0.2) is 9.37 Å². The Balaban J connectivity index is 1.32. The quantitative estimate of drug-likeness (QED) is 0.623. The summed E-state index contributed by atoms with van der Waals surface area (Å²) in [7, 11) is 0. The Hall–Kier alpha value is -2.81. The Bertz CT molecular complexity index is 1040. The van der Waals surface area contributed by atoms with Crippen molar-refractivity contribution in [1.29, 1.82) is 0 Å². The van der Waals surface area contributed by atoms with Crippen LogP contribution in [0.15, 0.2) is 29.1 Å². The number of hydrogen-bond donors (Lipinski definition) is 2. The Labute approximate surface area is 192 Å². The molecular formula is C24H31F2N5O2. The standard InChI is InChI=1S/C24H31F2N5O2/c1-2-16-4-6-19(29-23(16)32)17-3-5-18(15-17)30-11-13-31(14-12-30)21-8-7-20(28-22(21)26)24(33)27-10-9-25/h4,6-8,17-18H,2-3,5,9-15H2,1H3,(H,27,33)(H,29,32). The minimum Gasteiger partial charge on any atom is -0.365 e. The van der Waals surface area contributed by atoms with Crippen LogP contribution < -0.4 is 15.8 Å². The minimum atomic E-state index is -0.684. The fourth-order valence-electron chi connectivity index (χ4n) is 4.98. The van der Waals surface area contributed by atoms with E-state index in [2.05, 4.69) is 26.3 Å². The SMILES string of the molecule is CCc1ccc(C2CCC(N3CCN(c4ccc(C(=O)NCCF)nc4F)CC3)C2)[nH]c1=O. The van der Waals surface area contributed by atoms with Gasteiger partial charge >= 0.3 is 0 Å². The molecule has 2 atom stereocenters. The number of rotatable bonds is 7. The van der Waals surface area contributed by atoms with Crippen LogP contribution in [0.1, 0.15) is 53.8 Å². The van der Waals surface area contributed by atoms with Gasteiger partial charge in [0.05, 0.1) is 5.69 Å². The zero-order valence-corrected chi connectivity index (χ0v) is 18.9. The normalized spacial score (nSPS) is 21.4. The van der Waals surface area contributed by atoms with Gasteiger partial charge in [0.2, 0.25) is 5.95 Å². The number of nitrogens with one attached hydrogen (secondary N) is 2. The number of carbonyl (C=O) groups is 1. The van der Waals surface area contributed by atoms with Crippen LogP contribution in [0, 0.1) is 5.95 Å². The molecule has 1 aliphatic heterocycles. The minimum absolute atomic E-state index is 0.0219. The second-order valence-corrected chi connectivity index (χ2v) is 8.76. The van der Waals surface area contributed by atoms with E-state index in [1.54, 1.807) is 6.07 Å². The number of amides is 1. The maximum absolute atomic E-state index is 14.6. The summed E-state index contributed by atoms with van der Waals surface area (Å²) < 4.78 is 26.8. The maximum Gasteiger partial charge on any atom is 0.270 e. The monoisotopic (exact) mass is 459 g/mol. The van der Waals surface area contributed by atoms with E-state index in [0.29, 0.717) is 30.7 Å². The van der Waals surface area contributed by atoms with Crippen molar-refractivity contribution in [3.8, 4) is 0 Å². The highest BCUT2D eigenvalue weighted by atomic mass is 19.1. The van der Waals surface area contributed by atoms with Crippen molar-refractivity contribution in [2.75, 3.05) is 44.3 Å². The van der Waals surface area contributed by atoms with Crippen LogP contribution in [0.3, 0.4) is 0 Å². The first-order valence-electron chi connectivity index (χ1n) is 11.7. The van der Waals surface area contributed by atoms with E-state index < -0.39 is 18.5 Å². The third-order valence-corrected chi connectivity index (χ3v) is 6.85. The van der Waals surface area contributed by atoms with Gasteiger partial charge in [-0.3, -0.25) is 14.5 Å². The lowest BCUT2D eigenvalue weighted by molar-refractivity contribution is 0.0944. The molecule has 178 valence electrons. The van der Waals surface area contributed by atoms with Crippen molar-refractivity contribution in [3.63, 3.8) is 0 Å². The van der Waals surface area contributed by atoms with Crippen molar-refractivity contribution >= 4 is 11.6 Å². The number of hydrogen-bond acceptors (Lipinski definition) is 5. The molecule has 7 nitrogen and oxygen atoms in total. The number of aryl methyl sites for hydroxylation is 1. The summed E-state index contributed by atoms with van der Waals surface area (Å²) in [5, 5.41) is 2.35. The van der Waals surface area contributed by atoms with E-state index in [-0.39, 0.29) is 17.8 Å². The lowest BCUT2D eigenvalue weighted by Crippen LogP contribution is -2.50. The molecule has 2 fully saturated rings. The third kappa shape index (κ3) is 5.24. The van der Waals surface area contributed by atoms with Crippen LogP contribution in [-0.4, -0.2) is 66.2 Å². The number of H-pyrrole nitrogens is 1. The Morgan fingerprint density at radius 1 is 1.18 bits per heavy atom. The van der Waals surface area contributed by atoms with E-state index >= 15 is 0 Å². The molecule has 2 N–H and O–H groups in total. The number of anilines is 1. The molecule has 3 heterocycles. The van der Waals surface area contributed by atoms with Crippen LogP contribution >= 0.6 is 0 Å². The summed E-state index contributed by atoms with van der Waals surface area (Å²) in [4.78, 5) is 35.3. The van der Waals surface area contributed by atoms with Crippen LogP contribution in [-0.2, 0) is 6.42 Å². The van der Waals surface area contributed by atoms with Gasteiger partial charge in [-0.1, -0.05) is 13.0 Å². The number of aromatic nitrogens is 2. The number of piperazine rings is 1. The average Bonchev–Trinajstić information content (AvgIpc) is 3.33.